The van der Waals surface area contributed by atoms with Gasteiger partial charge >= 0.3 is 0 Å². The zero-order valence-electron chi connectivity index (χ0n) is 13.0. The van der Waals surface area contributed by atoms with Gasteiger partial charge in [-0.25, -0.2) is 0 Å². The average Bonchev–Trinajstić information content (AvgIpc) is 3.19. The van der Waals surface area contributed by atoms with E-state index >= 15 is 0 Å². The lowest BCUT2D eigenvalue weighted by Crippen LogP contribution is -2.59. The Balaban J connectivity index is 1.54. The Morgan fingerprint density at radius 2 is 1.90 bits per heavy atom. The first-order chi connectivity index (χ1) is 10.4. The maximum absolute atomic E-state index is 5.63. The third-order valence-electron chi connectivity index (χ3n) is 5.98. The Hall–Kier alpha value is -0.800. The molecule has 1 aliphatic carbocycles. The van der Waals surface area contributed by atoms with E-state index in [1.165, 1.54) is 64.6 Å². The normalized spacial score (nSPS) is 32.4. The van der Waals surface area contributed by atoms with Crippen LogP contribution in [0.4, 0.5) is 0 Å². The topological polar surface area (TPSA) is 19.6 Å². The van der Waals surface area contributed by atoms with Gasteiger partial charge < -0.3 is 4.42 Å². The summed E-state index contributed by atoms with van der Waals surface area (Å²) in [7, 11) is 0. The van der Waals surface area contributed by atoms with Crippen LogP contribution in [0.2, 0.25) is 0 Å². The van der Waals surface area contributed by atoms with Crippen LogP contribution in [-0.4, -0.2) is 41.5 Å². The van der Waals surface area contributed by atoms with Crippen molar-refractivity contribution < 1.29 is 4.42 Å². The van der Waals surface area contributed by atoms with E-state index < -0.39 is 0 Å². The monoisotopic (exact) mass is 288 g/mol. The second-order valence-electron chi connectivity index (χ2n) is 7.18. The number of furan rings is 1. The third-order valence-corrected chi connectivity index (χ3v) is 5.98. The van der Waals surface area contributed by atoms with Gasteiger partial charge in [-0.3, -0.25) is 9.80 Å². The van der Waals surface area contributed by atoms with Gasteiger partial charge in [-0.15, -0.1) is 0 Å². The van der Waals surface area contributed by atoms with Crippen molar-refractivity contribution in [2.24, 2.45) is 5.92 Å². The molecular formula is C18H28N2O. The fourth-order valence-electron chi connectivity index (χ4n) is 5.04. The molecular weight excluding hydrogens is 260 g/mol. The zero-order valence-corrected chi connectivity index (χ0v) is 13.0. The molecule has 1 aromatic rings. The minimum absolute atomic E-state index is 0.770. The highest BCUT2D eigenvalue weighted by molar-refractivity contribution is 5.03. The largest absolute Gasteiger partial charge is 0.468 e. The Labute approximate surface area is 128 Å². The summed E-state index contributed by atoms with van der Waals surface area (Å²) in [6, 6.07) is 5.75. The van der Waals surface area contributed by atoms with Gasteiger partial charge in [0.05, 0.1) is 12.8 Å². The number of hydrogen-bond acceptors (Lipinski definition) is 3. The van der Waals surface area contributed by atoms with Crippen LogP contribution >= 0.6 is 0 Å². The van der Waals surface area contributed by atoms with Gasteiger partial charge in [0.25, 0.3) is 0 Å². The first-order valence-electron chi connectivity index (χ1n) is 8.92. The predicted octanol–water partition coefficient (Wildman–Crippen LogP) is 3.51. The van der Waals surface area contributed by atoms with Crippen molar-refractivity contribution in [2.45, 2.75) is 63.6 Å². The molecule has 0 bridgehead atoms. The molecule has 2 saturated heterocycles. The van der Waals surface area contributed by atoms with Crippen molar-refractivity contribution in [1.82, 2.24) is 9.80 Å². The molecule has 3 fully saturated rings. The Morgan fingerprint density at radius 1 is 1.00 bits per heavy atom. The van der Waals surface area contributed by atoms with Crippen molar-refractivity contribution >= 4 is 0 Å². The van der Waals surface area contributed by atoms with Crippen molar-refractivity contribution in [3.63, 3.8) is 0 Å². The Morgan fingerprint density at radius 3 is 2.71 bits per heavy atom. The smallest absolute Gasteiger partial charge is 0.117 e. The van der Waals surface area contributed by atoms with E-state index in [1.54, 1.807) is 0 Å². The van der Waals surface area contributed by atoms with Crippen LogP contribution in [-0.2, 0) is 6.54 Å². The highest BCUT2D eigenvalue weighted by Crippen LogP contribution is 2.38. The van der Waals surface area contributed by atoms with E-state index in [1.807, 2.05) is 12.3 Å². The molecule has 2 atom stereocenters. The summed E-state index contributed by atoms with van der Waals surface area (Å²) in [5.74, 6) is 2.06. The molecule has 2 unspecified atom stereocenters. The second kappa shape index (κ2) is 6.13. The van der Waals surface area contributed by atoms with Crippen molar-refractivity contribution in [1.29, 1.82) is 0 Å². The third kappa shape index (κ3) is 2.78. The predicted molar refractivity (Wildman–Crippen MR) is 84.1 cm³/mol. The summed E-state index contributed by atoms with van der Waals surface area (Å²) >= 11 is 0. The van der Waals surface area contributed by atoms with Gasteiger partial charge in [-0.1, -0.05) is 19.3 Å². The number of hydrogen-bond donors (Lipinski definition) is 0. The number of fused-ring (bicyclic) bond motifs is 1. The molecule has 0 radical (unpaired) electrons. The van der Waals surface area contributed by atoms with Gasteiger partial charge in [0.1, 0.15) is 5.76 Å². The van der Waals surface area contributed by atoms with E-state index in [2.05, 4.69) is 15.9 Å². The molecule has 2 aliphatic heterocycles. The SMILES string of the molecule is c1coc(CN2CCN3CCCC3C2C2CCCCC2)c1. The molecule has 116 valence electrons. The molecule has 0 spiro atoms. The molecule has 3 heteroatoms. The van der Waals surface area contributed by atoms with E-state index in [0.29, 0.717) is 0 Å². The molecule has 0 amide bonds. The second-order valence-corrected chi connectivity index (χ2v) is 7.18. The molecule has 4 rings (SSSR count). The lowest BCUT2D eigenvalue weighted by atomic mass is 9.78. The van der Waals surface area contributed by atoms with Crippen molar-refractivity contribution in [3.05, 3.63) is 24.2 Å². The van der Waals surface area contributed by atoms with E-state index in [4.69, 9.17) is 4.42 Å². The summed E-state index contributed by atoms with van der Waals surface area (Å²) < 4.78 is 5.63. The number of piperazine rings is 1. The maximum Gasteiger partial charge on any atom is 0.117 e. The first-order valence-corrected chi connectivity index (χ1v) is 8.92. The summed E-state index contributed by atoms with van der Waals surface area (Å²) in [6.45, 7) is 4.83. The van der Waals surface area contributed by atoms with E-state index in [9.17, 15) is 0 Å². The van der Waals surface area contributed by atoms with Crippen LogP contribution in [0.1, 0.15) is 50.7 Å². The molecule has 3 nitrogen and oxygen atoms in total. The Kier molecular flexibility index (Phi) is 4.04. The van der Waals surface area contributed by atoms with Gasteiger partial charge in [0.15, 0.2) is 0 Å². The van der Waals surface area contributed by atoms with Crippen molar-refractivity contribution in [2.75, 3.05) is 19.6 Å². The van der Waals surface area contributed by atoms with Crippen LogP contribution in [0.25, 0.3) is 0 Å². The summed E-state index contributed by atoms with van der Waals surface area (Å²) in [6.07, 6.45) is 11.9. The fraction of sp³-hybridized carbons (Fsp3) is 0.778. The lowest BCUT2D eigenvalue weighted by molar-refractivity contribution is -0.00705. The molecule has 1 aromatic heterocycles. The molecule has 0 N–H and O–H groups in total. The van der Waals surface area contributed by atoms with Crippen LogP contribution in [0.5, 0.6) is 0 Å². The van der Waals surface area contributed by atoms with E-state index in [-0.39, 0.29) is 0 Å². The molecule has 0 aromatic carbocycles. The van der Waals surface area contributed by atoms with Gasteiger partial charge in [-0.05, 0) is 50.3 Å². The van der Waals surface area contributed by atoms with Gasteiger partial charge in [-0.2, -0.15) is 0 Å². The van der Waals surface area contributed by atoms with Gasteiger partial charge in [0, 0.05) is 25.2 Å². The molecule has 1 saturated carbocycles. The lowest BCUT2D eigenvalue weighted by Gasteiger charge is -2.49. The number of rotatable bonds is 3. The quantitative estimate of drug-likeness (QED) is 0.848. The van der Waals surface area contributed by atoms with Crippen molar-refractivity contribution in [3.8, 4) is 0 Å². The number of nitrogens with zero attached hydrogens (tertiary/aromatic N) is 2. The molecule has 3 aliphatic rings. The minimum atomic E-state index is 0.770. The minimum Gasteiger partial charge on any atom is -0.468 e. The summed E-state index contributed by atoms with van der Waals surface area (Å²) in [5.41, 5.74) is 0. The van der Waals surface area contributed by atoms with Crippen LogP contribution in [0.3, 0.4) is 0 Å². The highest BCUT2D eigenvalue weighted by atomic mass is 16.3. The fourth-order valence-corrected chi connectivity index (χ4v) is 5.04. The van der Waals surface area contributed by atoms with Crippen LogP contribution in [0, 0.1) is 5.92 Å². The molecule has 21 heavy (non-hydrogen) atoms. The maximum atomic E-state index is 5.63. The zero-order chi connectivity index (χ0) is 14.1. The van der Waals surface area contributed by atoms with Gasteiger partial charge in [0.2, 0.25) is 0 Å². The van der Waals surface area contributed by atoms with Crippen LogP contribution in [0.15, 0.2) is 22.8 Å². The highest BCUT2D eigenvalue weighted by Gasteiger charge is 2.43. The summed E-state index contributed by atoms with van der Waals surface area (Å²) in [5, 5.41) is 0. The Bertz CT molecular complexity index is 438. The van der Waals surface area contributed by atoms with Crippen LogP contribution < -0.4 is 0 Å². The van der Waals surface area contributed by atoms with E-state index in [0.717, 1.165) is 30.3 Å². The first kappa shape index (κ1) is 13.8. The summed E-state index contributed by atoms with van der Waals surface area (Å²) in [4.78, 5) is 5.53. The average molecular weight is 288 g/mol. The standard InChI is InChI=1S/C18H28N2O/c1-2-6-15(7-3-1)18-17-9-4-10-19(17)11-12-20(18)14-16-8-5-13-21-16/h5,8,13,15,17-18H,1-4,6-7,9-12,14H2. The molecule has 3 heterocycles.